The molecule has 0 aliphatic carbocycles. The van der Waals surface area contributed by atoms with Crippen LogP contribution in [0.3, 0.4) is 0 Å². The Bertz CT molecular complexity index is 37.8. The Morgan fingerprint density at radius 1 is 1.22 bits per heavy atom. The molecule has 0 saturated heterocycles. The van der Waals surface area contributed by atoms with E-state index in [-0.39, 0.29) is 0 Å². The van der Waals surface area contributed by atoms with Crippen LogP contribution >= 0.6 is 11.8 Å². The third-order valence-corrected chi connectivity index (χ3v) is 2.15. The summed E-state index contributed by atoms with van der Waals surface area (Å²) in [6.45, 7) is 6.01. The standard InChI is InChI=1S/C8H17S/c1-3-5-6-7-8-9-4-2/h2-8H2,1H3. The van der Waals surface area contributed by atoms with Crippen LogP contribution in [-0.2, 0) is 0 Å². The van der Waals surface area contributed by atoms with E-state index in [1.54, 1.807) is 0 Å². The van der Waals surface area contributed by atoms with Gasteiger partial charge in [-0.2, -0.15) is 11.8 Å². The Morgan fingerprint density at radius 2 is 2.00 bits per heavy atom. The molecule has 0 aromatic rings. The molecular formula is C8H17S. The fourth-order valence-electron chi connectivity index (χ4n) is 0.733. The zero-order valence-electron chi connectivity index (χ0n) is 6.36. The molecule has 1 radical (unpaired) electrons. The third kappa shape index (κ3) is 8.35. The van der Waals surface area contributed by atoms with Crippen molar-refractivity contribution in [2.75, 3.05) is 11.5 Å². The summed E-state index contributed by atoms with van der Waals surface area (Å²) in [5, 5.41) is 0. The topological polar surface area (TPSA) is 0 Å². The molecule has 0 aromatic heterocycles. The summed E-state index contributed by atoms with van der Waals surface area (Å²) >= 11 is 1.95. The number of rotatable bonds is 6. The number of unbranched alkanes of at least 4 members (excludes halogenated alkanes) is 3. The van der Waals surface area contributed by atoms with E-state index in [2.05, 4.69) is 13.8 Å². The predicted octanol–water partition coefficient (Wildman–Crippen LogP) is 3.13. The van der Waals surface area contributed by atoms with Gasteiger partial charge in [0.05, 0.1) is 0 Å². The van der Waals surface area contributed by atoms with Gasteiger partial charge in [-0.25, -0.2) is 0 Å². The van der Waals surface area contributed by atoms with Gasteiger partial charge in [-0.1, -0.05) is 26.2 Å². The average Bonchev–Trinajstić information content (AvgIpc) is 1.89. The van der Waals surface area contributed by atoms with E-state index in [0.29, 0.717) is 0 Å². The molecule has 0 unspecified atom stereocenters. The van der Waals surface area contributed by atoms with E-state index >= 15 is 0 Å². The molecule has 0 amide bonds. The van der Waals surface area contributed by atoms with Gasteiger partial charge in [-0.15, -0.1) is 0 Å². The summed E-state index contributed by atoms with van der Waals surface area (Å²) in [6.07, 6.45) is 5.53. The molecule has 9 heavy (non-hydrogen) atoms. The zero-order chi connectivity index (χ0) is 6.95. The minimum Gasteiger partial charge on any atom is -0.162 e. The van der Waals surface area contributed by atoms with Gasteiger partial charge in [0.1, 0.15) is 0 Å². The van der Waals surface area contributed by atoms with Crippen LogP contribution in [0, 0.1) is 6.92 Å². The van der Waals surface area contributed by atoms with Gasteiger partial charge < -0.3 is 0 Å². The summed E-state index contributed by atoms with van der Waals surface area (Å²) in [5.74, 6) is 2.34. The molecule has 0 fully saturated rings. The van der Waals surface area contributed by atoms with Crippen molar-refractivity contribution in [2.45, 2.75) is 32.6 Å². The first kappa shape index (κ1) is 9.35. The number of hydrogen-bond donors (Lipinski definition) is 0. The maximum Gasteiger partial charge on any atom is -0.00672 e. The van der Waals surface area contributed by atoms with Crippen LogP contribution in [0.4, 0.5) is 0 Å². The molecule has 0 heterocycles. The quantitative estimate of drug-likeness (QED) is 0.517. The summed E-state index contributed by atoms with van der Waals surface area (Å²) < 4.78 is 0. The van der Waals surface area contributed by atoms with Gasteiger partial charge in [0.25, 0.3) is 0 Å². The molecule has 1 heteroatoms. The van der Waals surface area contributed by atoms with E-state index in [1.165, 1.54) is 31.4 Å². The maximum absolute atomic E-state index is 3.77. The molecule has 0 rings (SSSR count). The van der Waals surface area contributed by atoms with Crippen molar-refractivity contribution in [1.82, 2.24) is 0 Å². The van der Waals surface area contributed by atoms with Crippen LogP contribution in [0.1, 0.15) is 32.6 Å². The largest absolute Gasteiger partial charge is 0.162 e. The first-order valence-electron chi connectivity index (χ1n) is 3.78. The molecule has 0 N–H and O–H groups in total. The maximum atomic E-state index is 3.77. The highest BCUT2D eigenvalue weighted by molar-refractivity contribution is 7.99. The lowest BCUT2D eigenvalue weighted by atomic mass is 10.2. The highest BCUT2D eigenvalue weighted by Crippen LogP contribution is 2.05. The van der Waals surface area contributed by atoms with Crippen molar-refractivity contribution in [3.63, 3.8) is 0 Å². The van der Waals surface area contributed by atoms with Gasteiger partial charge in [0, 0.05) is 0 Å². The lowest BCUT2D eigenvalue weighted by Gasteiger charge is -1.96. The summed E-state index contributed by atoms with van der Waals surface area (Å²) in [4.78, 5) is 0. The van der Waals surface area contributed by atoms with Crippen LogP contribution in [0.5, 0.6) is 0 Å². The van der Waals surface area contributed by atoms with E-state index in [1.807, 2.05) is 11.8 Å². The highest BCUT2D eigenvalue weighted by atomic mass is 32.2. The normalized spacial score (nSPS) is 10.0. The highest BCUT2D eigenvalue weighted by Gasteiger charge is 1.85. The molecule has 0 nitrogen and oxygen atoms in total. The fraction of sp³-hybridized carbons (Fsp3) is 0.875. The van der Waals surface area contributed by atoms with Crippen molar-refractivity contribution in [1.29, 1.82) is 0 Å². The molecule has 0 saturated carbocycles. The van der Waals surface area contributed by atoms with Gasteiger partial charge in [-0.05, 0) is 24.9 Å². The van der Waals surface area contributed by atoms with E-state index < -0.39 is 0 Å². The SMILES string of the molecule is [CH2]CSCCCCCC. The Morgan fingerprint density at radius 3 is 2.56 bits per heavy atom. The van der Waals surface area contributed by atoms with Crippen LogP contribution in [0.2, 0.25) is 0 Å². The Balaban J connectivity index is 2.60. The average molecular weight is 145 g/mol. The summed E-state index contributed by atoms with van der Waals surface area (Å²) in [7, 11) is 0. The summed E-state index contributed by atoms with van der Waals surface area (Å²) in [6, 6.07) is 0. The van der Waals surface area contributed by atoms with E-state index in [0.717, 1.165) is 5.75 Å². The third-order valence-electron chi connectivity index (χ3n) is 1.29. The molecule has 0 aromatic carbocycles. The van der Waals surface area contributed by atoms with E-state index in [9.17, 15) is 0 Å². The second kappa shape index (κ2) is 8.35. The fourth-order valence-corrected chi connectivity index (χ4v) is 1.35. The van der Waals surface area contributed by atoms with Crippen LogP contribution in [-0.4, -0.2) is 11.5 Å². The summed E-state index contributed by atoms with van der Waals surface area (Å²) in [5.41, 5.74) is 0. The van der Waals surface area contributed by atoms with Crippen molar-refractivity contribution < 1.29 is 0 Å². The van der Waals surface area contributed by atoms with Crippen LogP contribution < -0.4 is 0 Å². The molecular weight excluding hydrogens is 128 g/mol. The van der Waals surface area contributed by atoms with Gasteiger partial charge >= 0.3 is 0 Å². The minimum atomic E-state index is 1.03. The molecule has 0 bridgehead atoms. The minimum absolute atomic E-state index is 1.03. The van der Waals surface area contributed by atoms with Gasteiger partial charge in [-0.3, -0.25) is 0 Å². The van der Waals surface area contributed by atoms with Gasteiger partial charge in [0.15, 0.2) is 0 Å². The van der Waals surface area contributed by atoms with Crippen molar-refractivity contribution in [2.24, 2.45) is 0 Å². The lowest BCUT2D eigenvalue weighted by molar-refractivity contribution is 0.706. The lowest BCUT2D eigenvalue weighted by Crippen LogP contribution is -1.80. The number of hydrogen-bond acceptors (Lipinski definition) is 1. The second-order valence-corrected chi connectivity index (χ2v) is 3.40. The zero-order valence-corrected chi connectivity index (χ0v) is 7.17. The second-order valence-electron chi connectivity index (χ2n) is 2.17. The van der Waals surface area contributed by atoms with Crippen LogP contribution in [0.15, 0.2) is 0 Å². The van der Waals surface area contributed by atoms with Gasteiger partial charge in [0.2, 0.25) is 0 Å². The smallest absolute Gasteiger partial charge is 0.00672 e. The molecule has 0 spiro atoms. The first-order chi connectivity index (χ1) is 4.41. The van der Waals surface area contributed by atoms with Crippen LogP contribution in [0.25, 0.3) is 0 Å². The molecule has 0 aliphatic heterocycles. The number of thioether (sulfide) groups is 1. The molecule has 55 valence electrons. The molecule has 0 aliphatic rings. The monoisotopic (exact) mass is 145 g/mol. The van der Waals surface area contributed by atoms with Crippen molar-refractivity contribution in [3.05, 3.63) is 6.92 Å². The molecule has 0 atom stereocenters. The Kier molecular flexibility index (Phi) is 8.67. The Labute approximate surface area is 63.4 Å². The van der Waals surface area contributed by atoms with E-state index in [4.69, 9.17) is 0 Å². The predicted molar refractivity (Wildman–Crippen MR) is 46.8 cm³/mol. The van der Waals surface area contributed by atoms with Crippen molar-refractivity contribution in [3.8, 4) is 0 Å². The Hall–Kier alpha value is 0.350. The van der Waals surface area contributed by atoms with Crippen molar-refractivity contribution >= 4 is 11.8 Å². The first-order valence-corrected chi connectivity index (χ1v) is 4.94.